The molecule has 106 valence electrons. The van der Waals surface area contributed by atoms with Gasteiger partial charge in [-0.15, -0.1) is 0 Å². The van der Waals surface area contributed by atoms with Crippen LogP contribution in [0.1, 0.15) is 17.2 Å². The van der Waals surface area contributed by atoms with Gasteiger partial charge >= 0.3 is 0 Å². The highest BCUT2D eigenvalue weighted by Crippen LogP contribution is 2.21. The van der Waals surface area contributed by atoms with Gasteiger partial charge in [-0.05, 0) is 41.8 Å². The molecular formula is C16H20N2O2. The van der Waals surface area contributed by atoms with Crippen molar-refractivity contribution in [1.82, 2.24) is 5.43 Å². The van der Waals surface area contributed by atoms with Gasteiger partial charge in [-0.3, -0.25) is 11.3 Å². The first-order valence-corrected chi connectivity index (χ1v) is 6.50. The lowest BCUT2D eigenvalue weighted by molar-refractivity contribution is 0.414. The molecule has 4 heteroatoms. The summed E-state index contributed by atoms with van der Waals surface area (Å²) in [4.78, 5) is 0. The van der Waals surface area contributed by atoms with E-state index < -0.39 is 0 Å². The number of nitrogens with two attached hydrogens (primary N) is 1. The molecule has 20 heavy (non-hydrogen) atoms. The van der Waals surface area contributed by atoms with Crippen LogP contribution in [0.2, 0.25) is 0 Å². The molecule has 0 radical (unpaired) electrons. The van der Waals surface area contributed by atoms with E-state index in [2.05, 4.69) is 5.43 Å². The molecule has 0 amide bonds. The number of hydrazine groups is 1. The molecule has 0 aliphatic heterocycles. The van der Waals surface area contributed by atoms with Crippen molar-refractivity contribution in [2.75, 3.05) is 14.2 Å². The molecule has 0 aliphatic rings. The minimum atomic E-state index is 0.0642. The number of hydrogen-bond acceptors (Lipinski definition) is 4. The molecule has 0 aliphatic carbocycles. The smallest absolute Gasteiger partial charge is 0.118 e. The minimum absolute atomic E-state index is 0.0642. The zero-order chi connectivity index (χ0) is 14.4. The molecule has 0 heterocycles. The van der Waals surface area contributed by atoms with Crippen LogP contribution in [0.4, 0.5) is 0 Å². The maximum Gasteiger partial charge on any atom is 0.118 e. The Kier molecular flexibility index (Phi) is 4.98. The molecule has 1 atom stereocenters. The fraction of sp³-hybridized carbons (Fsp3) is 0.250. The van der Waals surface area contributed by atoms with Gasteiger partial charge in [0.25, 0.3) is 0 Å². The first kappa shape index (κ1) is 14.4. The van der Waals surface area contributed by atoms with Crippen LogP contribution < -0.4 is 20.7 Å². The van der Waals surface area contributed by atoms with E-state index in [1.165, 1.54) is 5.56 Å². The second-order valence-corrected chi connectivity index (χ2v) is 4.54. The lowest BCUT2D eigenvalue weighted by Gasteiger charge is -2.17. The molecule has 2 aromatic carbocycles. The van der Waals surface area contributed by atoms with Gasteiger partial charge < -0.3 is 9.47 Å². The summed E-state index contributed by atoms with van der Waals surface area (Å²) in [5.74, 6) is 7.37. The van der Waals surface area contributed by atoms with Gasteiger partial charge in [-0.1, -0.05) is 24.3 Å². The Balaban J connectivity index is 2.10. The van der Waals surface area contributed by atoms with Crippen molar-refractivity contribution in [3.05, 3.63) is 59.7 Å². The SMILES string of the molecule is COc1ccc(C[C@H](NN)c2ccc(OC)cc2)cc1. The van der Waals surface area contributed by atoms with E-state index in [0.29, 0.717) is 0 Å². The third-order valence-electron chi connectivity index (χ3n) is 3.32. The van der Waals surface area contributed by atoms with E-state index in [1.54, 1.807) is 14.2 Å². The van der Waals surface area contributed by atoms with E-state index in [4.69, 9.17) is 15.3 Å². The zero-order valence-electron chi connectivity index (χ0n) is 11.8. The Bertz CT molecular complexity index is 523. The van der Waals surface area contributed by atoms with Crippen molar-refractivity contribution in [2.45, 2.75) is 12.5 Å². The minimum Gasteiger partial charge on any atom is -0.497 e. The molecule has 0 saturated carbocycles. The second-order valence-electron chi connectivity index (χ2n) is 4.54. The van der Waals surface area contributed by atoms with E-state index >= 15 is 0 Å². The quantitative estimate of drug-likeness (QED) is 0.626. The summed E-state index contributed by atoms with van der Waals surface area (Å²) in [6.45, 7) is 0. The third-order valence-corrected chi connectivity index (χ3v) is 3.32. The van der Waals surface area contributed by atoms with Gasteiger partial charge in [0.2, 0.25) is 0 Å². The molecular weight excluding hydrogens is 252 g/mol. The van der Waals surface area contributed by atoms with Crippen LogP contribution >= 0.6 is 0 Å². The molecule has 0 unspecified atom stereocenters. The summed E-state index contributed by atoms with van der Waals surface area (Å²) in [5.41, 5.74) is 5.19. The summed E-state index contributed by atoms with van der Waals surface area (Å²) in [6, 6.07) is 16.0. The predicted molar refractivity (Wildman–Crippen MR) is 79.8 cm³/mol. The van der Waals surface area contributed by atoms with Gasteiger partial charge in [0.05, 0.1) is 14.2 Å². The Morgan fingerprint density at radius 3 is 1.85 bits per heavy atom. The Hall–Kier alpha value is -2.04. The van der Waals surface area contributed by atoms with Crippen molar-refractivity contribution < 1.29 is 9.47 Å². The van der Waals surface area contributed by atoms with Crippen LogP contribution in [-0.4, -0.2) is 14.2 Å². The molecule has 0 saturated heterocycles. The van der Waals surface area contributed by atoms with Crippen molar-refractivity contribution in [1.29, 1.82) is 0 Å². The molecule has 0 fully saturated rings. The maximum absolute atomic E-state index is 5.67. The van der Waals surface area contributed by atoms with E-state index in [1.807, 2.05) is 48.5 Å². The lowest BCUT2D eigenvalue weighted by atomic mass is 9.99. The predicted octanol–water partition coefficient (Wildman–Crippen LogP) is 2.45. The van der Waals surface area contributed by atoms with Gasteiger partial charge in [0.1, 0.15) is 11.5 Å². The summed E-state index contributed by atoms with van der Waals surface area (Å²) in [7, 11) is 3.32. The molecule has 0 aromatic heterocycles. The second kappa shape index (κ2) is 6.93. The highest BCUT2D eigenvalue weighted by molar-refractivity contribution is 5.32. The lowest BCUT2D eigenvalue weighted by Crippen LogP contribution is -2.29. The largest absolute Gasteiger partial charge is 0.497 e. The number of hydrogen-bond donors (Lipinski definition) is 2. The molecule has 4 nitrogen and oxygen atoms in total. The number of benzene rings is 2. The summed E-state index contributed by atoms with van der Waals surface area (Å²) in [6.07, 6.45) is 0.812. The Morgan fingerprint density at radius 1 is 0.900 bits per heavy atom. The average molecular weight is 272 g/mol. The fourth-order valence-corrected chi connectivity index (χ4v) is 2.11. The van der Waals surface area contributed by atoms with Crippen molar-refractivity contribution >= 4 is 0 Å². The van der Waals surface area contributed by atoms with Crippen LogP contribution in [0.3, 0.4) is 0 Å². The first-order chi connectivity index (χ1) is 9.76. The molecule has 2 aromatic rings. The molecule has 0 bridgehead atoms. The van der Waals surface area contributed by atoms with Gasteiger partial charge in [0, 0.05) is 6.04 Å². The number of ether oxygens (including phenoxy) is 2. The maximum atomic E-state index is 5.67. The third kappa shape index (κ3) is 3.50. The van der Waals surface area contributed by atoms with Crippen molar-refractivity contribution in [2.24, 2.45) is 5.84 Å². The van der Waals surface area contributed by atoms with Crippen LogP contribution in [0.5, 0.6) is 11.5 Å². The van der Waals surface area contributed by atoms with E-state index in [0.717, 1.165) is 23.5 Å². The van der Waals surface area contributed by atoms with Crippen LogP contribution in [0.25, 0.3) is 0 Å². The fourth-order valence-electron chi connectivity index (χ4n) is 2.11. The first-order valence-electron chi connectivity index (χ1n) is 6.50. The van der Waals surface area contributed by atoms with E-state index in [9.17, 15) is 0 Å². The normalized spacial score (nSPS) is 11.9. The number of rotatable bonds is 6. The number of methoxy groups -OCH3 is 2. The van der Waals surface area contributed by atoms with Gasteiger partial charge in [-0.25, -0.2) is 0 Å². The molecule has 2 rings (SSSR count). The van der Waals surface area contributed by atoms with Crippen LogP contribution in [0, 0.1) is 0 Å². The number of nitrogens with one attached hydrogen (secondary N) is 1. The standard InChI is InChI=1S/C16H20N2O2/c1-19-14-7-3-12(4-8-14)11-16(18-17)13-5-9-15(20-2)10-6-13/h3-10,16,18H,11,17H2,1-2H3/t16-/m0/s1. The molecule has 3 N–H and O–H groups in total. The highest BCUT2D eigenvalue weighted by atomic mass is 16.5. The Labute approximate surface area is 119 Å². The van der Waals surface area contributed by atoms with Gasteiger partial charge in [0.15, 0.2) is 0 Å². The highest BCUT2D eigenvalue weighted by Gasteiger charge is 2.10. The van der Waals surface area contributed by atoms with Gasteiger partial charge in [-0.2, -0.15) is 0 Å². The summed E-state index contributed by atoms with van der Waals surface area (Å²) in [5, 5.41) is 0. The topological polar surface area (TPSA) is 56.5 Å². The van der Waals surface area contributed by atoms with Crippen molar-refractivity contribution in [3.8, 4) is 11.5 Å². The zero-order valence-corrected chi connectivity index (χ0v) is 11.8. The Morgan fingerprint density at radius 2 is 1.40 bits per heavy atom. The summed E-state index contributed by atoms with van der Waals surface area (Å²) < 4.78 is 10.3. The molecule has 0 spiro atoms. The van der Waals surface area contributed by atoms with Crippen LogP contribution in [0.15, 0.2) is 48.5 Å². The average Bonchev–Trinajstić information content (AvgIpc) is 2.53. The van der Waals surface area contributed by atoms with Crippen molar-refractivity contribution in [3.63, 3.8) is 0 Å². The van der Waals surface area contributed by atoms with E-state index in [-0.39, 0.29) is 6.04 Å². The van der Waals surface area contributed by atoms with Crippen LogP contribution in [-0.2, 0) is 6.42 Å². The monoisotopic (exact) mass is 272 g/mol. The summed E-state index contributed by atoms with van der Waals surface area (Å²) >= 11 is 0.